The molecule has 1 saturated carbocycles. The van der Waals surface area contributed by atoms with Crippen LogP contribution in [0.5, 0.6) is 0 Å². The van der Waals surface area contributed by atoms with Gasteiger partial charge in [-0.1, -0.05) is 31.0 Å². The predicted molar refractivity (Wildman–Crippen MR) is 104 cm³/mol. The molecule has 0 aromatic heterocycles. The maximum Gasteiger partial charge on any atom is 0.243 e. The van der Waals surface area contributed by atoms with Crippen LogP contribution in [0.25, 0.3) is 0 Å². The van der Waals surface area contributed by atoms with E-state index in [1.54, 1.807) is 30.3 Å². The van der Waals surface area contributed by atoms with Crippen LogP contribution in [0.15, 0.2) is 35.2 Å². The van der Waals surface area contributed by atoms with Crippen molar-refractivity contribution in [3.63, 3.8) is 0 Å². The quantitative estimate of drug-likeness (QED) is 0.787. The van der Waals surface area contributed by atoms with E-state index in [0.29, 0.717) is 32.1 Å². The molecule has 0 bridgehead atoms. The number of carbonyl (C=O) groups excluding carboxylic acids is 1. The molecule has 1 amide bonds. The van der Waals surface area contributed by atoms with E-state index in [9.17, 15) is 13.2 Å². The summed E-state index contributed by atoms with van der Waals surface area (Å²) in [7, 11) is -3.62. The minimum Gasteiger partial charge on any atom is -0.339 e. The Balaban J connectivity index is 1.42. The Labute approximate surface area is 162 Å². The van der Waals surface area contributed by atoms with Crippen molar-refractivity contribution in [3.05, 3.63) is 30.3 Å². The minimum atomic E-state index is -3.62. The van der Waals surface area contributed by atoms with Crippen LogP contribution in [0.3, 0.4) is 0 Å². The fourth-order valence-corrected chi connectivity index (χ4v) is 6.46. The number of hydrogen-bond donors (Lipinski definition) is 0. The molecule has 0 N–H and O–H groups in total. The van der Waals surface area contributed by atoms with Crippen LogP contribution in [-0.2, 0) is 14.8 Å². The van der Waals surface area contributed by atoms with Crippen molar-refractivity contribution < 1.29 is 13.2 Å². The van der Waals surface area contributed by atoms with Crippen molar-refractivity contribution in [2.75, 3.05) is 32.7 Å². The van der Waals surface area contributed by atoms with E-state index in [4.69, 9.17) is 0 Å². The molecule has 3 fully saturated rings. The van der Waals surface area contributed by atoms with Crippen LogP contribution in [0.4, 0.5) is 0 Å². The number of nitrogens with zero attached hydrogens (tertiary/aromatic N) is 3. The molecule has 2 saturated heterocycles. The van der Waals surface area contributed by atoms with Crippen molar-refractivity contribution >= 4 is 15.9 Å². The Morgan fingerprint density at radius 2 is 1.52 bits per heavy atom. The van der Waals surface area contributed by atoms with Gasteiger partial charge in [0.1, 0.15) is 6.04 Å². The van der Waals surface area contributed by atoms with Gasteiger partial charge in [-0.2, -0.15) is 4.31 Å². The van der Waals surface area contributed by atoms with Gasteiger partial charge in [-0.25, -0.2) is 8.42 Å². The lowest BCUT2D eigenvalue weighted by Crippen LogP contribution is -2.55. The smallest absolute Gasteiger partial charge is 0.243 e. The molecule has 0 spiro atoms. The zero-order chi connectivity index (χ0) is 18.9. The molecule has 27 heavy (non-hydrogen) atoms. The summed E-state index contributed by atoms with van der Waals surface area (Å²) in [4.78, 5) is 17.8. The average molecular weight is 392 g/mol. The zero-order valence-electron chi connectivity index (χ0n) is 15.8. The predicted octanol–water partition coefficient (Wildman–Crippen LogP) is 1.93. The van der Waals surface area contributed by atoms with Crippen molar-refractivity contribution in [1.29, 1.82) is 0 Å². The van der Waals surface area contributed by atoms with E-state index in [0.717, 1.165) is 19.5 Å². The van der Waals surface area contributed by atoms with Gasteiger partial charge in [0.15, 0.2) is 0 Å². The molecule has 1 aliphatic carbocycles. The average Bonchev–Trinajstić information content (AvgIpc) is 3.40. The Hall–Kier alpha value is -1.44. The lowest BCUT2D eigenvalue weighted by Gasteiger charge is -2.39. The molecular formula is C20H29N3O3S. The van der Waals surface area contributed by atoms with E-state index in [-0.39, 0.29) is 10.8 Å². The van der Waals surface area contributed by atoms with Crippen LogP contribution in [-0.4, -0.2) is 73.2 Å². The monoisotopic (exact) mass is 391 g/mol. The van der Waals surface area contributed by atoms with Gasteiger partial charge >= 0.3 is 0 Å². The molecule has 3 aliphatic rings. The topological polar surface area (TPSA) is 60.9 Å². The maximum atomic E-state index is 13.1. The van der Waals surface area contributed by atoms with Gasteiger partial charge < -0.3 is 4.90 Å². The molecule has 6 nitrogen and oxygen atoms in total. The molecule has 4 rings (SSSR count). The molecule has 7 heteroatoms. The highest BCUT2D eigenvalue weighted by atomic mass is 32.2. The van der Waals surface area contributed by atoms with Gasteiger partial charge in [0.25, 0.3) is 0 Å². The molecule has 0 radical (unpaired) electrons. The van der Waals surface area contributed by atoms with E-state index in [1.807, 2.05) is 4.90 Å². The number of rotatable bonds is 4. The van der Waals surface area contributed by atoms with Crippen molar-refractivity contribution in [1.82, 2.24) is 14.1 Å². The Morgan fingerprint density at radius 3 is 2.19 bits per heavy atom. The molecule has 148 valence electrons. The first-order valence-corrected chi connectivity index (χ1v) is 11.6. The second kappa shape index (κ2) is 7.89. The Bertz CT molecular complexity index is 754. The zero-order valence-corrected chi connectivity index (χ0v) is 16.6. The van der Waals surface area contributed by atoms with Crippen LogP contribution >= 0.6 is 0 Å². The van der Waals surface area contributed by atoms with Gasteiger partial charge in [0, 0.05) is 38.8 Å². The first-order valence-electron chi connectivity index (χ1n) is 10.2. The third kappa shape index (κ3) is 3.77. The summed E-state index contributed by atoms with van der Waals surface area (Å²) in [5, 5.41) is 0. The highest BCUT2D eigenvalue weighted by Gasteiger charge is 2.41. The van der Waals surface area contributed by atoms with Crippen LogP contribution < -0.4 is 0 Å². The first-order chi connectivity index (χ1) is 13.1. The second-order valence-electron chi connectivity index (χ2n) is 7.89. The molecule has 2 heterocycles. The molecule has 1 atom stereocenters. The first kappa shape index (κ1) is 18.9. The number of benzene rings is 1. The number of amides is 1. The van der Waals surface area contributed by atoms with Gasteiger partial charge in [-0.15, -0.1) is 0 Å². The number of hydrogen-bond acceptors (Lipinski definition) is 4. The molecule has 1 aromatic carbocycles. The van der Waals surface area contributed by atoms with Crippen LogP contribution in [0.2, 0.25) is 0 Å². The van der Waals surface area contributed by atoms with Crippen molar-refractivity contribution in [3.8, 4) is 0 Å². The standard InChI is InChI=1S/C20H29N3O3S/c24-20(22-15-13-21(14-16-22)17-7-4-5-8-17)19-11-6-12-23(19)27(25,26)18-9-2-1-3-10-18/h1-3,9-10,17,19H,4-8,11-16H2. The normalized spacial score (nSPS) is 25.9. The molecule has 2 aliphatic heterocycles. The SMILES string of the molecule is O=C(C1CCCN1S(=O)(=O)c1ccccc1)N1CCN(C2CCCC2)CC1. The third-order valence-corrected chi connectivity index (χ3v) is 8.23. The summed E-state index contributed by atoms with van der Waals surface area (Å²) in [6.45, 7) is 3.68. The third-order valence-electron chi connectivity index (χ3n) is 6.31. The highest BCUT2D eigenvalue weighted by molar-refractivity contribution is 7.89. The van der Waals surface area contributed by atoms with E-state index < -0.39 is 16.1 Å². The summed E-state index contributed by atoms with van der Waals surface area (Å²) in [5.41, 5.74) is 0. The summed E-state index contributed by atoms with van der Waals surface area (Å²) in [5.74, 6) is -0.0157. The lowest BCUT2D eigenvalue weighted by molar-refractivity contribution is -0.136. The van der Waals surface area contributed by atoms with Gasteiger partial charge in [0.2, 0.25) is 15.9 Å². The second-order valence-corrected chi connectivity index (χ2v) is 9.78. The summed E-state index contributed by atoms with van der Waals surface area (Å²) < 4.78 is 27.4. The minimum absolute atomic E-state index is 0.0157. The Morgan fingerprint density at radius 1 is 0.852 bits per heavy atom. The largest absolute Gasteiger partial charge is 0.339 e. The Kier molecular flexibility index (Phi) is 5.53. The van der Waals surface area contributed by atoms with Gasteiger partial charge in [-0.05, 0) is 37.8 Å². The van der Waals surface area contributed by atoms with Crippen molar-refractivity contribution in [2.45, 2.75) is 55.5 Å². The molecule has 1 unspecified atom stereocenters. The van der Waals surface area contributed by atoms with Crippen molar-refractivity contribution in [2.24, 2.45) is 0 Å². The fourth-order valence-electron chi connectivity index (χ4n) is 4.79. The number of piperazine rings is 1. The van der Waals surface area contributed by atoms with Gasteiger partial charge in [0.05, 0.1) is 4.90 Å². The summed E-state index contributed by atoms with van der Waals surface area (Å²) >= 11 is 0. The van der Waals surface area contributed by atoms with E-state index in [1.165, 1.54) is 30.0 Å². The highest BCUT2D eigenvalue weighted by Crippen LogP contribution is 2.28. The summed E-state index contributed by atoms with van der Waals surface area (Å²) in [6.07, 6.45) is 6.55. The fraction of sp³-hybridized carbons (Fsp3) is 0.650. The molecule has 1 aromatic rings. The number of carbonyl (C=O) groups is 1. The van der Waals surface area contributed by atoms with Gasteiger partial charge in [-0.3, -0.25) is 9.69 Å². The molecular weight excluding hydrogens is 362 g/mol. The van der Waals surface area contributed by atoms with E-state index >= 15 is 0 Å². The van der Waals surface area contributed by atoms with Crippen LogP contribution in [0.1, 0.15) is 38.5 Å². The van der Waals surface area contributed by atoms with Crippen LogP contribution in [0, 0.1) is 0 Å². The maximum absolute atomic E-state index is 13.1. The lowest BCUT2D eigenvalue weighted by atomic mass is 10.1. The summed E-state index contributed by atoms with van der Waals surface area (Å²) in [6, 6.07) is 8.60. The number of sulfonamides is 1. The van der Waals surface area contributed by atoms with E-state index in [2.05, 4.69) is 4.90 Å².